The molecule has 25 heavy (non-hydrogen) atoms. The number of piperidine rings is 1. The van der Waals surface area contributed by atoms with Crippen molar-refractivity contribution in [2.24, 2.45) is 5.41 Å². The molecule has 0 aliphatic carbocycles. The van der Waals surface area contributed by atoms with E-state index >= 15 is 0 Å². The summed E-state index contributed by atoms with van der Waals surface area (Å²) in [5.74, 6) is 0.971. The maximum absolute atomic E-state index is 12.8. The number of nitrogens with zero attached hydrogens (tertiary/aromatic N) is 1. The van der Waals surface area contributed by atoms with Crippen LogP contribution in [-0.2, 0) is 11.2 Å². The van der Waals surface area contributed by atoms with Crippen LogP contribution in [0.2, 0.25) is 0 Å². The third-order valence-electron chi connectivity index (χ3n) is 5.78. The third kappa shape index (κ3) is 3.64. The Morgan fingerprint density at radius 3 is 2.64 bits per heavy atom. The summed E-state index contributed by atoms with van der Waals surface area (Å²) in [6.45, 7) is 3.81. The van der Waals surface area contributed by atoms with Gasteiger partial charge in [0.15, 0.2) is 0 Å². The van der Waals surface area contributed by atoms with E-state index in [1.165, 1.54) is 0 Å². The molecular weight excluding hydrogens is 314 g/mol. The lowest BCUT2D eigenvalue weighted by Gasteiger charge is -2.40. The summed E-state index contributed by atoms with van der Waals surface area (Å²) in [6.07, 6.45) is 3.14. The molecule has 1 aliphatic heterocycles. The van der Waals surface area contributed by atoms with Gasteiger partial charge < -0.3 is 14.7 Å². The molecule has 3 rings (SSSR count). The molecule has 1 N–H and O–H groups in total. The first-order valence-electron chi connectivity index (χ1n) is 9.05. The Morgan fingerprint density at radius 1 is 1.24 bits per heavy atom. The number of amides is 1. The van der Waals surface area contributed by atoms with E-state index in [4.69, 9.17) is 4.74 Å². The molecule has 4 heteroatoms. The molecule has 0 unspecified atom stereocenters. The van der Waals surface area contributed by atoms with E-state index in [0.29, 0.717) is 6.42 Å². The molecule has 1 aliphatic rings. The molecule has 1 amide bonds. The average molecular weight is 341 g/mol. The van der Waals surface area contributed by atoms with Crippen molar-refractivity contribution in [1.29, 1.82) is 0 Å². The number of hydrogen-bond donors (Lipinski definition) is 1. The Balaban J connectivity index is 1.75. The van der Waals surface area contributed by atoms with Crippen LogP contribution in [0, 0.1) is 5.41 Å². The summed E-state index contributed by atoms with van der Waals surface area (Å²) >= 11 is 0. The van der Waals surface area contributed by atoms with Crippen LogP contribution in [0.15, 0.2) is 36.4 Å². The van der Waals surface area contributed by atoms with Gasteiger partial charge in [-0.15, -0.1) is 0 Å². The Kier molecular flexibility index (Phi) is 5.28. The van der Waals surface area contributed by atoms with Crippen molar-refractivity contribution in [2.45, 2.75) is 32.6 Å². The van der Waals surface area contributed by atoms with Gasteiger partial charge in [-0.3, -0.25) is 4.79 Å². The number of rotatable bonds is 5. The maximum Gasteiger partial charge on any atom is 0.227 e. The summed E-state index contributed by atoms with van der Waals surface area (Å²) in [5.41, 5.74) is 1.04. The normalized spacial score (nSPS) is 16.8. The van der Waals surface area contributed by atoms with Crippen molar-refractivity contribution < 1.29 is 14.6 Å². The van der Waals surface area contributed by atoms with Crippen molar-refractivity contribution in [2.75, 3.05) is 26.8 Å². The van der Waals surface area contributed by atoms with E-state index in [1.54, 1.807) is 7.11 Å². The summed E-state index contributed by atoms with van der Waals surface area (Å²) < 4.78 is 5.33. The van der Waals surface area contributed by atoms with Crippen molar-refractivity contribution in [3.05, 3.63) is 42.0 Å². The van der Waals surface area contributed by atoms with Crippen molar-refractivity contribution in [1.82, 2.24) is 4.90 Å². The van der Waals surface area contributed by atoms with Crippen LogP contribution in [-0.4, -0.2) is 42.7 Å². The first kappa shape index (κ1) is 17.7. The number of carbonyl (C=O) groups is 1. The van der Waals surface area contributed by atoms with E-state index < -0.39 is 0 Å². The first-order valence-corrected chi connectivity index (χ1v) is 9.05. The molecule has 0 atom stereocenters. The van der Waals surface area contributed by atoms with Gasteiger partial charge in [0.2, 0.25) is 5.91 Å². The first-order chi connectivity index (χ1) is 12.1. The van der Waals surface area contributed by atoms with Crippen LogP contribution < -0.4 is 4.74 Å². The minimum atomic E-state index is 0.00356. The number of hydrogen-bond acceptors (Lipinski definition) is 3. The minimum absolute atomic E-state index is 0.00356. The van der Waals surface area contributed by atoms with E-state index in [-0.39, 0.29) is 17.9 Å². The van der Waals surface area contributed by atoms with E-state index in [9.17, 15) is 9.90 Å². The number of aliphatic hydroxyl groups is 1. The molecular formula is C21H27NO3. The van der Waals surface area contributed by atoms with Gasteiger partial charge in [-0.05, 0) is 53.1 Å². The van der Waals surface area contributed by atoms with Crippen LogP contribution in [0.4, 0.5) is 0 Å². The molecule has 0 aromatic heterocycles. The summed E-state index contributed by atoms with van der Waals surface area (Å²) in [5, 5.41) is 11.8. The second-order valence-electron chi connectivity index (χ2n) is 7.07. The van der Waals surface area contributed by atoms with E-state index in [2.05, 4.69) is 13.0 Å². The van der Waals surface area contributed by atoms with Crippen LogP contribution in [0.25, 0.3) is 10.8 Å². The highest BCUT2D eigenvalue weighted by Gasteiger charge is 2.33. The number of ether oxygens (including phenoxy) is 1. The SMILES string of the molecule is CCC1(CO)CCN(C(=O)Cc2cccc3ccc(OC)cc23)CC1. The van der Waals surface area contributed by atoms with Gasteiger partial charge in [0.25, 0.3) is 0 Å². The van der Waals surface area contributed by atoms with Crippen LogP contribution in [0.5, 0.6) is 5.75 Å². The molecule has 1 fully saturated rings. The highest BCUT2D eigenvalue weighted by atomic mass is 16.5. The standard InChI is InChI=1S/C21H27NO3/c1-3-21(15-23)9-11-22(12-10-21)20(24)13-17-6-4-5-16-7-8-18(25-2)14-19(16)17/h4-8,14,23H,3,9-13,15H2,1-2H3. The van der Waals surface area contributed by atoms with Gasteiger partial charge in [-0.1, -0.05) is 31.2 Å². The topological polar surface area (TPSA) is 49.8 Å². The molecule has 0 bridgehead atoms. The highest BCUT2D eigenvalue weighted by molar-refractivity contribution is 5.91. The summed E-state index contributed by atoms with van der Waals surface area (Å²) in [4.78, 5) is 14.7. The summed E-state index contributed by atoms with van der Waals surface area (Å²) in [7, 11) is 1.66. The van der Waals surface area contributed by atoms with Crippen LogP contribution in [0.1, 0.15) is 31.7 Å². The molecule has 134 valence electrons. The average Bonchev–Trinajstić information content (AvgIpc) is 2.68. The summed E-state index contributed by atoms with van der Waals surface area (Å²) in [6, 6.07) is 12.1. The van der Waals surface area contributed by atoms with Crippen molar-refractivity contribution in [3.8, 4) is 5.75 Å². The van der Waals surface area contributed by atoms with Crippen LogP contribution in [0.3, 0.4) is 0 Å². The molecule has 1 saturated heterocycles. The van der Waals surface area contributed by atoms with Crippen molar-refractivity contribution >= 4 is 16.7 Å². The maximum atomic E-state index is 12.8. The quantitative estimate of drug-likeness (QED) is 0.907. The fraction of sp³-hybridized carbons (Fsp3) is 0.476. The Bertz CT molecular complexity index is 742. The van der Waals surface area contributed by atoms with Gasteiger partial charge in [0, 0.05) is 19.7 Å². The zero-order valence-corrected chi connectivity index (χ0v) is 15.1. The Morgan fingerprint density at radius 2 is 2.00 bits per heavy atom. The lowest BCUT2D eigenvalue weighted by Crippen LogP contribution is -2.45. The third-order valence-corrected chi connectivity index (χ3v) is 5.78. The van der Waals surface area contributed by atoms with Gasteiger partial charge in [0.1, 0.15) is 5.75 Å². The molecule has 0 saturated carbocycles. The lowest BCUT2D eigenvalue weighted by atomic mass is 9.77. The Labute approximate surface area is 149 Å². The molecule has 1 heterocycles. The highest BCUT2D eigenvalue weighted by Crippen LogP contribution is 2.34. The largest absolute Gasteiger partial charge is 0.497 e. The van der Waals surface area contributed by atoms with Gasteiger partial charge in [-0.2, -0.15) is 0 Å². The molecule has 2 aromatic rings. The fourth-order valence-corrected chi connectivity index (χ4v) is 3.73. The van der Waals surface area contributed by atoms with Crippen LogP contribution >= 0.6 is 0 Å². The zero-order chi connectivity index (χ0) is 17.9. The van der Waals surface area contributed by atoms with E-state index in [0.717, 1.165) is 54.4 Å². The van der Waals surface area contributed by atoms with Gasteiger partial charge in [0.05, 0.1) is 13.5 Å². The second-order valence-corrected chi connectivity index (χ2v) is 7.07. The molecule has 2 aromatic carbocycles. The Hall–Kier alpha value is -2.07. The number of fused-ring (bicyclic) bond motifs is 1. The van der Waals surface area contributed by atoms with Crippen molar-refractivity contribution in [3.63, 3.8) is 0 Å². The smallest absolute Gasteiger partial charge is 0.227 e. The minimum Gasteiger partial charge on any atom is -0.497 e. The fourth-order valence-electron chi connectivity index (χ4n) is 3.73. The molecule has 0 spiro atoms. The van der Waals surface area contributed by atoms with Gasteiger partial charge >= 0.3 is 0 Å². The van der Waals surface area contributed by atoms with E-state index in [1.807, 2.05) is 35.2 Å². The number of likely N-dealkylation sites (tertiary alicyclic amines) is 1. The predicted molar refractivity (Wildman–Crippen MR) is 99.8 cm³/mol. The molecule has 4 nitrogen and oxygen atoms in total. The zero-order valence-electron chi connectivity index (χ0n) is 15.1. The van der Waals surface area contributed by atoms with Gasteiger partial charge in [-0.25, -0.2) is 0 Å². The predicted octanol–water partition coefficient (Wildman–Crippen LogP) is 3.40. The lowest BCUT2D eigenvalue weighted by molar-refractivity contribution is -0.133. The number of aliphatic hydroxyl groups excluding tert-OH is 1. The second kappa shape index (κ2) is 7.44. The number of carbonyl (C=O) groups excluding carboxylic acids is 1. The molecule has 0 radical (unpaired) electrons. The number of methoxy groups -OCH3 is 1. The monoisotopic (exact) mass is 341 g/mol. The number of benzene rings is 2.